The number of carbonyl (C=O) groups is 1. The second-order valence-electron chi connectivity index (χ2n) is 5.33. The Kier molecular flexibility index (Phi) is 5.75. The molecule has 1 aromatic heterocycles. The van der Waals surface area contributed by atoms with Crippen LogP contribution in [0.1, 0.15) is 6.92 Å². The van der Waals surface area contributed by atoms with Crippen molar-refractivity contribution >= 4 is 35.0 Å². The van der Waals surface area contributed by atoms with Gasteiger partial charge in [0, 0.05) is 10.7 Å². The van der Waals surface area contributed by atoms with Crippen molar-refractivity contribution in [3.05, 3.63) is 53.6 Å². The van der Waals surface area contributed by atoms with E-state index >= 15 is 0 Å². The predicted octanol–water partition coefficient (Wildman–Crippen LogP) is 3.44. The van der Waals surface area contributed by atoms with Crippen molar-refractivity contribution in [2.45, 2.75) is 17.3 Å². The summed E-state index contributed by atoms with van der Waals surface area (Å²) >= 11 is 7.20. The summed E-state index contributed by atoms with van der Waals surface area (Å²) in [5.74, 6) is 0.576. The highest BCUT2D eigenvalue weighted by Crippen LogP contribution is 2.25. The Morgan fingerprint density at radius 2 is 2.04 bits per heavy atom. The molecule has 3 rings (SSSR count). The lowest BCUT2D eigenvalue weighted by molar-refractivity contribution is -0.115. The lowest BCUT2D eigenvalue weighted by Crippen LogP contribution is -2.22. The van der Waals surface area contributed by atoms with Crippen molar-refractivity contribution in [1.82, 2.24) is 20.2 Å². The number of aromatic nitrogens is 4. The first-order valence-corrected chi connectivity index (χ1v) is 8.98. The van der Waals surface area contributed by atoms with Gasteiger partial charge < -0.3 is 10.1 Å². The summed E-state index contributed by atoms with van der Waals surface area (Å²) in [6.45, 7) is 1.79. The summed E-state index contributed by atoms with van der Waals surface area (Å²) in [6, 6.07) is 14.3. The van der Waals surface area contributed by atoms with E-state index in [0.29, 0.717) is 15.9 Å². The molecule has 0 fully saturated rings. The van der Waals surface area contributed by atoms with Crippen LogP contribution in [0.15, 0.2) is 53.7 Å². The Morgan fingerprint density at radius 1 is 1.27 bits per heavy atom. The van der Waals surface area contributed by atoms with Gasteiger partial charge in [0.05, 0.1) is 18.0 Å². The average Bonchev–Trinajstić information content (AvgIpc) is 3.10. The molecule has 0 bridgehead atoms. The zero-order valence-corrected chi connectivity index (χ0v) is 15.7. The molecule has 2 aromatic carbocycles. The smallest absolute Gasteiger partial charge is 0.237 e. The number of halogens is 1. The van der Waals surface area contributed by atoms with Gasteiger partial charge in [-0.15, -0.1) is 5.10 Å². The Hall–Kier alpha value is -2.58. The van der Waals surface area contributed by atoms with Gasteiger partial charge in [0.15, 0.2) is 0 Å². The molecular formula is C17H16ClN5O2S. The number of thioether (sulfide) groups is 1. The van der Waals surface area contributed by atoms with Crippen LogP contribution in [-0.2, 0) is 4.79 Å². The molecule has 0 spiro atoms. The summed E-state index contributed by atoms with van der Waals surface area (Å²) < 4.78 is 6.73. The minimum Gasteiger partial charge on any atom is -0.497 e. The van der Waals surface area contributed by atoms with E-state index in [9.17, 15) is 4.79 Å². The molecule has 26 heavy (non-hydrogen) atoms. The van der Waals surface area contributed by atoms with Crippen molar-refractivity contribution in [2.75, 3.05) is 12.4 Å². The van der Waals surface area contributed by atoms with Crippen molar-refractivity contribution in [3.8, 4) is 11.4 Å². The molecule has 1 heterocycles. The number of rotatable bonds is 6. The molecule has 134 valence electrons. The number of methoxy groups -OCH3 is 1. The van der Waals surface area contributed by atoms with Gasteiger partial charge in [-0.05, 0) is 59.8 Å². The summed E-state index contributed by atoms with van der Waals surface area (Å²) in [6.07, 6.45) is 0. The van der Waals surface area contributed by atoms with Crippen LogP contribution < -0.4 is 10.1 Å². The molecule has 0 radical (unpaired) electrons. The summed E-state index contributed by atoms with van der Waals surface area (Å²) in [7, 11) is 1.60. The number of hydrogen-bond acceptors (Lipinski definition) is 6. The summed E-state index contributed by atoms with van der Waals surface area (Å²) in [5, 5.41) is 15.2. The third-order valence-electron chi connectivity index (χ3n) is 3.50. The maximum absolute atomic E-state index is 12.4. The van der Waals surface area contributed by atoms with Gasteiger partial charge in [-0.2, -0.15) is 4.68 Å². The first-order chi connectivity index (χ1) is 12.6. The molecule has 0 saturated carbocycles. The van der Waals surface area contributed by atoms with Gasteiger partial charge in [-0.25, -0.2) is 0 Å². The van der Waals surface area contributed by atoms with Crippen LogP contribution in [0.3, 0.4) is 0 Å². The molecule has 0 aliphatic heterocycles. The third kappa shape index (κ3) is 4.33. The number of benzene rings is 2. The molecule has 1 amide bonds. The van der Waals surface area contributed by atoms with Gasteiger partial charge in [0.2, 0.25) is 11.1 Å². The number of ether oxygens (including phenoxy) is 1. The van der Waals surface area contributed by atoms with Crippen molar-refractivity contribution in [3.63, 3.8) is 0 Å². The number of nitrogens with one attached hydrogen (secondary N) is 1. The first-order valence-electron chi connectivity index (χ1n) is 7.72. The molecule has 0 saturated heterocycles. The lowest BCUT2D eigenvalue weighted by atomic mass is 10.3. The van der Waals surface area contributed by atoms with E-state index < -0.39 is 5.25 Å². The molecule has 1 atom stereocenters. The molecule has 0 aliphatic rings. The van der Waals surface area contributed by atoms with Crippen LogP contribution >= 0.6 is 23.4 Å². The number of carbonyl (C=O) groups excluding carboxylic acids is 1. The van der Waals surface area contributed by atoms with Gasteiger partial charge >= 0.3 is 0 Å². The molecule has 7 nitrogen and oxygen atoms in total. The zero-order valence-electron chi connectivity index (χ0n) is 14.1. The fourth-order valence-electron chi connectivity index (χ4n) is 2.16. The second-order valence-corrected chi connectivity index (χ2v) is 7.08. The number of anilines is 1. The fraction of sp³-hybridized carbons (Fsp3) is 0.176. The van der Waals surface area contributed by atoms with Crippen LogP contribution in [0, 0.1) is 0 Å². The van der Waals surface area contributed by atoms with E-state index in [2.05, 4.69) is 20.8 Å². The zero-order chi connectivity index (χ0) is 18.5. The number of hydrogen-bond donors (Lipinski definition) is 1. The monoisotopic (exact) mass is 389 g/mol. The molecule has 3 aromatic rings. The molecule has 0 unspecified atom stereocenters. The quantitative estimate of drug-likeness (QED) is 0.650. The van der Waals surface area contributed by atoms with Crippen molar-refractivity contribution in [2.24, 2.45) is 0 Å². The first kappa shape index (κ1) is 18.2. The minimum absolute atomic E-state index is 0.165. The van der Waals surface area contributed by atoms with E-state index in [1.165, 1.54) is 11.8 Å². The summed E-state index contributed by atoms with van der Waals surface area (Å²) in [4.78, 5) is 12.4. The number of tetrazole rings is 1. The average molecular weight is 390 g/mol. The highest BCUT2D eigenvalue weighted by atomic mass is 35.5. The van der Waals surface area contributed by atoms with E-state index in [1.807, 2.05) is 24.3 Å². The largest absolute Gasteiger partial charge is 0.497 e. The number of nitrogens with zero attached hydrogens (tertiary/aromatic N) is 4. The Bertz CT molecular complexity index is 900. The van der Waals surface area contributed by atoms with Crippen LogP contribution in [0.5, 0.6) is 5.75 Å². The maximum atomic E-state index is 12.4. The predicted molar refractivity (Wildman–Crippen MR) is 101 cm³/mol. The molecule has 0 aliphatic carbocycles. The molecular weight excluding hydrogens is 374 g/mol. The Balaban J connectivity index is 1.70. The van der Waals surface area contributed by atoms with E-state index in [0.717, 1.165) is 11.4 Å². The Labute approximate surface area is 159 Å². The van der Waals surface area contributed by atoms with Gasteiger partial charge in [-0.3, -0.25) is 4.79 Å². The van der Waals surface area contributed by atoms with Crippen LogP contribution in [0.2, 0.25) is 5.02 Å². The second kappa shape index (κ2) is 8.20. The number of amides is 1. The normalized spacial score (nSPS) is 11.8. The van der Waals surface area contributed by atoms with Crippen LogP contribution in [0.4, 0.5) is 5.69 Å². The maximum Gasteiger partial charge on any atom is 0.237 e. The topological polar surface area (TPSA) is 81.9 Å². The third-order valence-corrected chi connectivity index (χ3v) is 4.77. The fourth-order valence-corrected chi connectivity index (χ4v) is 3.16. The molecule has 1 N–H and O–H groups in total. The SMILES string of the molecule is COc1ccc(-n2nnnc2S[C@@H](C)C(=O)Nc2cccc(Cl)c2)cc1. The van der Waals surface area contributed by atoms with E-state index in [1.54, 1.807) is 43.0 Å². The van der Waals surface area contributed by atoms with Crippen molar-refractivity contribution < 1.29 is 9.53 Å². The van der Waals surface area contributed by atoms with Crippen molar-refractivity contribution in [1.29, 1.82) is 0 Å². The van der Waals surface area contributed by atoms with Gasteiger partial charge in [0.25, 0.3) is 0 Å². The standard InChI is InChI=1S/C17H16ClN5O2S/c1-11(16(24)19-13-5-3-4-12(18)10-13)26-17-20-21-22-23(17)14-6-8-15(25-2)9-7-14/h3-11H,1-2H3,(H,19,24)/t11-/m0/s1. The minimum atomic E-state index is -0.406. The van der Waals surface area contributed by atoms with Gasteiger partial charge in [-0.1, -0.05) is 29.4 Å². The summed E-state index contributed by atoms with van der Waals surface area (Å²) in [5.41, 5.74) is 1.42. The highest BCUT2D eigenvalue weighted by Gasteiger charge is 2.19. The van der Waals surface area contributed by atoms with Crippen LogP contribution in [0.25, 0.3) is 5.69 Å². The van der Waals surface area contributed by atoms with E-state index in [-0.39, 0.29) is 5.91 Å². The Morgan fingerprint density at radius 3 is 2.73 bits per heavy atom. The van der Waals surface area contributed by atoms with E-state index in [4.69, 9.17) is 16.3 Å². The van der Waals surface area contributed by atoms with Gasteiger partial charge in [0.1, 0.15) is 5.75 Å². The highest BCUT2D eigenvalue weighted by molar-refractivity contribution is 8.00. The molecule has 9 heteroatoms. The lowest BCUT2D eigenvalue weighted by Gasteiger charge is -2.12. The van der Waals surface area contributed by atoms with Crippen LogP contribution in [-0.4, -0.2) is 38.5 Å².